The molecule has 0 radical (unpaired) electrons. The van der Waals surface area contributed by atoms with Crippen LogP contribution in [0.2, 0.25) is 0 Å². The minimum atomic E-state index is -0.322. The molecular formula is C28H22N4O4. The number of anilines is 1. The van der Waals surface area contributed by atoms with Crippen LogP contribution in [0.4, 0.5) is 5.69 Å². The molecule has 5 aromatic rings. The van der Waals surface area contributed by atoms with Crippen LogP contribution in [0.1, 0.15) is 50.9 Å². The third kappa shape index (κ3) is 4.36. The summed E-state index contributed by atoms with van der Waals surface area (Å²) in [6, 6.07) is 22.0. The molecule has 178 valence electrons. The molecular weight excluding hydrogens is 456 g/mol. The Balaban J connectivity index is 1.22. The number of rotatable bonds is 7. The van der Waals surface area contributed by atoms with Crippen LogP contribution in [-0.2, 0) is 6.54 Å². The average molecular weight is 479 g/mol. The standard InChI is InChI=1S/C28H22N4O4/c33-26(29-16-17-8-12-20(13-9-17)30-27(34)23-7-4-14-35-23)21-15-22(18-10-11-18)31-28-24(21)25(32-36-28)19-5-2-1-3-6-19/h1-9,12-15,18H,10-11,16H2,(H,29,33)(H,30,34). The Morgan fingerprint density at radius 2 is 1.75 bits per heavy atom. The number of pyridine rings is 1. The maximum Gasteiger partial charge on any atom is 0.291 e. The van der Waals surface area contributed by atoms with Crippen molar-refractivity contribution in [2.45, 2.75) is 25.3 Å². The number of carbonyl (C=O) groups is 2. The van der Waals surface area contributed by atoms with Gasteiger partial charge in [0.25, 0.3) is 17.5 Å². The lowest BCUT2D eigenvalue weighted by atomic mass is 10.0. The summed E-state index contributed by atoms with van der Waals surface area (Å²) < 4.78 is 10.7. The summed E-state index contributed by atoms with van der Waals surface area (Å²) in [5, 5.41) is 10.6. The first-order chi connectivity index (χ1) is 17.7. The van der Waals surface area contributed by atoms with Crippen molar-refractivity contribution in [3.8, 4) is 11.3 Å². The van der Waals surface area contributed by atoms with E-state index in [1.807, 2.05) is 48.5 Å². The number of nitrogens with one attached hydrogen (secondary N) is 2. The monoisotopic (exact) mass is 478 g/mol. The van der Waals surface area contributed by atoms with Crippen LogP contribution in [0.3, 0.4) is 0 Å². The van der Waals surface area contributed by atoms with Gasteiger partial charge in [0.1, 0.15) is 5.69 Å². The SMILES string of the molecule is O=C(Nc1ccc(CNC(=O)c2cc(C3CC3)nc3onc(-c4ccccc4)c23)cc1)c1ccco1. The molecule has 0 aliphatic heterocycles. The largest absolute Gasteiger partial charge is 0.459 e. The maximum absolute atomic E-state index is 13.4. The second-order valence-electron chi connectivity index (χ2n) is 8.76. The molecule has 36 heavy (non-hydrogen) atoms. The Morgan fingerprint density at radius 1 is 0.944 bits per heavy atom. The lowest BCUT2D eigenvalue weighted by molar-refractivity contribution is 0.0951. The summed E-state index contributed by atoms with van der Waals surface area (Å²) >= 11 is 0. The van der Waals surface area contributed by atoms with Crippen LogP contribution in [0, 0.1) is 0 Å². The topological polar surface area (TPSA) is 110 Å². The predicted molar refractivity (Wildman–Crippen MR) is 133 cm³/mol. The molecule has 1 fully saturated rings. The van der Waals surface area contributed by atoms with E-state index in [-0.39, 0.29) is 17.6 Å². The first-order valence-electron chi connectivity index (χ1n) is 11.7. The molecule has 8 nitrogen and oxygen atoms in total. The van der Waals surface area contributed by atoms with Gasteiger partial charge in [-0.3, -0.25) is 9.59 Å². The quantitative estimate of drug-likeness (QED) is 0.318. The molecule has 0 bridgehead atoms. The highest BCUT2D eigenvalue weighted by Gasteiger charge is 2.29. The van der Waals surface area contributed by atoms with Gasteiger partial charge in [0, 0.05) is 29.4 Å². The molecule has 1 saturated carbocycles. The Hall–Kier alpha value is -4.72. The van der Waals surface area contributed by atoms with Crippen LogP contribution in [-0.4, -0.2) is 22.0 Å². The number of benzene rings is 2. The fraction of sp³-hybridized carbons (Fsp3) is 0.143. The van der Waals surface area contributed by atoms with Crippen molar-refractivity contribution in [1.29, 1.82) is 0 Å². The highest BCUT2D eigenvalue weighted by atomic mass is 16.5. The van der Waals surface area contributed by atoms with Gasteiger partial charge in [-0.25, -0.2) is 4.98 Å². The van der Waals surface area contributed by atoms with Crippen molar-refractivity contribution in [2.24, 2.45) is 0 Å². The minimum absolute atomic E-state index is 0.222. The Morgan fingerprint density at radius 3 is 2.47 bits per heavy atom. The van der Waals surface area contributed by atoms with Gasteiger partial charge in [0.2, 0.25) is 0 Å². The van der Waals surface area contributed by atoms with E-state index in [9.17, 15) is 9.59 Å². The number of hydrogen-bond donors (Lipinski definition) is 2. The minimum Gasteiger partial charge on any atom is -0.459 e. The van der Waals surface area contributed by atoms with E-state index in [0.717, 1.165) is 29.7 Å². The highest BCUT2D eigenvalue weighted by Crippen LogP contribution is 2.41. The van der Waals surface area contributed by atoms with Crippen molar-refractivity contribution < 1.29 is 18.5 Å². The highest BCUT2D eigenvalue weighted by molar-refractivity contribution is 6.09. The van der Waals surface area contributed by atoms with Gasteiger partial charge in [-0.2, -0.15) is 0 Å². The van der Waals surface area contributed by atoms with E-state index in [0.29, 0.717) is 40.5 Å². The molecule has 0 unspecified atom stereocenters. The summed E-state index contributed by atoms with van der Waals surface area (Å²) in [6.07, 6.45) is 3.57. The molecule has 8 heteroatoms. The molecule has 0 saturated heterocycles. The van der Waals surface area contributed by atoms with E-state index in [1.165, 1.54) is 6.26 Å². The number of nitrogens with zero attached hydrogens (tertiary/aromatic N) is 2. The zero-order valence-corrected chi connectivity index (χ0v) is 19.2. The van der Waals surface area contributed by atoms with Crippen molar-refractivity contribution in [1.82, 2.24) is 15.5 Å². The molecule has 6 rings (SSSR count). The smallest absolute Gasteiger partial charge is 0.291 e. The number of furan rings is 1. The summed E-state index contributed by atoms with van der Waals surface area (Å²) in [7, 11) is 0. The molecule has 2 amide bonds. The van der Waals surface area contributed by atoms with Gasteiger partial charge in [-0.05, 0) is 48.7 Å². The van der Waals surface area contributed by atoms with Crippen molar-refractivity contribution in [3.05, 3.63) is 102 Å². The maximum atomic E-state index is 13.4. The van der Waals surface area contributed by atoms with E-state index in [4.69, 9.17) is 8.94 Å². The molecule has 1 aliphatic rings. The lowest BCUT2D eigenvalue weighted by Gasteiger charge is -2.09. The second kappa shape index (κ2) is 9.14. The number of aromatic nitrogens is 2. The molecule has 0 atom stereocenters. The molecule has 3 heterocycles. The zero-order valence-electron chi connectivity index (χ0n) is 19.2. The summed E-state index contributed by atoms with van der Waals surface area (Å²) in [6.45, 7) is 0.319. The summed E-state index contributed by atoms with van der Waals surface area (Å²) in [4.78, 5) is 30.2. The van der Waals surface area contributed by atoms with E-state index < -0.39 is 0 Å². The van der Waals surface area contributed by atoms with Gasteiger partial charge in [-0.15, -0.1) is 0 Å². The lowest BCUT2D eigenvalue weighted by Crippen LogP contribution is -2.23. The zero-order chi connectivity index (χ0) is 24.5. The first kappa shape index (κ1) is 21.8. The third-order valence-corrected chi connectivity index (χ3v) is 6.16. The van der Waals surface area contributed by atoms with Crippen LogP contribution >= 0.6 is 0 Å². The Labute approximate surface area is 206 Å². The van der Waals surface area contributed by atoms with Crippen molar-refractivity contribution in [3.63, 3.8) is 0 Å². The Bertz CT molecular complexity index is 1540. The summed E-state index contributed by atoms with van der Waals surface area (Å²) in [5.41, 5.74) is 4.72. The van der Waals surface area contributed by atoms with Gasteiger partial charge in [0.05, 0.1) is 17.2 Å². The fourth-order valence-electron chi connectivity index (χ4n) is 4.11. The normalized spacial score (nSPS) is 13.0. The summed E-state index contributed by atoms with van der Waals surface area (Å²) in [5.74, 6) is 0.0522. The number of fused-ring (bicyclic) bond motifs is 1. The van der Waals surface area contributed by atoms with Gasteiger partial charge in [-0.1, -0.05) is 47.6 Å². The fourth-order valence-corrected chi connectivity index (χ4v) is 4.11. The second-order valence-corrected chi connectivity index (χ2v) is 8.76. The molecule has 1 aliphatic carbocycles. The predicted octanol–water partition coefficient (Wildman–Crippen LogP) is 5.54. The third-order valence-electron chi connectivity index (χ3n) is 6.16. The van der Waals surface area contributed by atoms with Crippen LogP contribution < -0.4 is 10.6 Å². The average Bonchev–Trinajstić information content (AvgIpc) is 3.44. The molecule has 2 N–H and O–H groups in total. The molecule has 3 aromatic heterocycles. The first-order valence-corrected chi connectivity index (χ1v) is 11.7. The molecule has 2 aromatic carbocycles. The number of amides is 2. The van der Waals surface area contributed by atoms with Gasteiger partial charge in [0.15, 0.2) is 5.76 Å². The molecule has 0 spiro atoms. The van der Waals surface area contributed by atoms with Crippen LogP contribution in [0.15, 0.2) is 88.0 Å². The van der Waals surface area contributed by atoms with E-state index >= 15 is 0 Å². The Kier molecular flexibility index (Phi) is 5.53. The number of carbonyl (C=O) groups excluding carboxylic acids is 2. The van der Waals surface area contributed by atoms with E-state index in [2.05, 4.69) is 20.8 Å². The van der Waals surface area contributed by atoms with Crippen molar-refractivity contribution >= 4 is 28.6 Å². The van der Waals surface area contributed by atoms with Crippen LogP contribution in [0.5, 0.6) is 0 Å². The number of hydrogen-bond acceptors (Lipinski definition) is 6. The van der Waals surface area contributed by atoms with Crippen LogP contribution in [0.25, 0.3) is 22.4 Å². The van der Waals surface area contributed by atoms with Crippen molar-refractivity contribution in [2.75, 3.05) is 5.32 Å². The van der Waals surface area contributed by atoms with Gasteiger partial charge >= 0.3 is 0 Å². The van der Waals surface area contributed by atoms with Gasteiger partial charge < -0.3 is 19.6 Å². The van der Waals surface area contributed by atoms with E-state index in [1.54, 1.807) is 24.3 Å².